The highest BCUT2D eigenvalue weighted by Gasteiger charge is 2.48. The second-order valence-electron chi connectivity index (χ2n) is 8.09. The largest absolute Gasteiger partial charge is 0.465 e. The average molecular weight is 592 g/mol. The molecule has 3 heterocycles. The number of carbonyl (C=O) groups is 4. The van der Waals surface area contributed by atoms with Crippen LogP contribution in [0.3, 0.4) is 0 Å². The number of amides is 5. The Labute approximate surface area is 224 Å². The van der Waals surface area contributed by atoms with Crippen LogP contribution in [0.2, 0.25) is 5.02 Å². The summed E-state index contributed by atoms with van der Waals surface area (Å²) < 4.78 is 70.2. The Kier molecular flexibility index (Phi) is 7.12. The predicted octanol–water partition coefficient (Wildman–Crippen LogP) is 4.56. The van der Waals surface area contributed by atoms with Gasteiger partial charge >= 0.3 is 18.3 Å². The van der Waals surface area contributed by atoms with Crippen molar-refractivity contribution in [3.8, 4) is 0 Å². The third-order valence-corrected chi connectivity index (χ3v) is 7.20. The highest BCUT2D eigenvalue weighted by atomic mass is 35.5. The summed E-state index contributed by atoms with van der Waals surface area (Å²) >= 11 is 6.14. The number of hydrogen-bond acceptors (Lipinski definition) is 6. The van der Waals surface area contributed by atoms with Crippen LogP contribution in [0, 0.1) is 11.6 Å². The number of halogens is 6. The summed E-state index contributed by atoms with van der Waals surface area (Å²) in [6, 6.07) is -0.159. The summed E-state index contributed by atoms with van der Waals surface area (Å²) in [6.45, 7) is -0.844. The number of imide groups is 1. The lowest BCUT2D eigenvalue weighted by atomic mass is 10.1. The Hall–Kier alpha value is -4.05. The molecule has 1 aromatic carbocycles. The van der Waals surface area contributed by atoms with Crippen molar-refractivity contribution in [3.05, 3.63) is 51.4 Å². The minimum atomic E-state index is -5.00. The van der Waals surface area contributed by atoms with Gasteiger partial charge in [0.2, 0.25) is 0 Å². The quantitative estimate of drug-likeness (QED) is 0.339. The van der Waals surface area contributed by atoms with E-state index >= 15 is 0 Å². The van der Waals surface area contributed by atoms with Crippen LogP contribution >= 0.6 is 22.9 Å². The number of thiophene rings is 1. The molecule has 0 bridgehead atoms. The van der Waals surface area contributed by atoms with Crippen LogP contribution in [-0.2, 0) is 11.0 Å². The van der Waals surface area contributed by atoms with Gasteiger partial charge in [-0.15, -0.1) is 11.3 Å². The van der Waals surface area contributed by atoms with Crippen LogP contribution in [0.4, 0.5) is 43.0 Å². The van der Waals surface area contributed by atoms with Crippen LogP contribution in [0.15, 0.2) is 24.3 Å². The zero-order valence-corrected chi connectivity index (χ0v) is 21.2. The van der Waals surface area contributed by atoms with Gasteiger partial charge in [-0.3, -0.25) is 14.5 Å². The number of alkyl halides is 3. The number of aromatic nitrogens is 1. The van der Waals surface area contributed by atoms with E-state index in [2.05, 4.69) is 10.3 Å². The zero-order chi connectivity index (χ0) is 29.0. The van der Waals surface area contributed by atoms with Gasteiger partial charge in [0.15, 0.2) is 5.82 Å². The van der Waals surface area contributed by atoms with Crippen LogP contribution in [-0.4, -0.2) is 65.6 Å². The second-order valence-corrected chi connectivity index (χ2v) is 9.50. The molecule has 39 heavy (non-hydrogen) atoms. The molecule has 1 aliphatic heterocycles. The van der Waals surface area contributed by atoms with E-state index < -0.39 is 81.8 Å². The summed E-state index contributed by atoms with van der Waals surface area (Å²) in [5.41, 5.74) is -1.84. The van der Waals surface area contributed by atoms with E-state index in [9.17, 15) is 46.2 Å². The van der Waals surface area contributed by atoms with Gasteiger partial charge in [-0.05, 0) is 24.3 Å². The lowest BCUT2D eigenvalue weighted by Gasteiger charge is -2.27. The third kappa shape index (κ3) is 4.80. The van der Waals surface area contributed by atoms with Crippen LogP contribution in [0.25, 0.3) is 10.2 Å². The van der Waals surface area contributed by atoms with Gasteiger partial charge in [-0.1, -0.05) is 11.6 Å². The number of likely N-dealkylation sites (N-methyl/N-ethyl adjacent to an activating group) is 1. The highest BCUT2D eigenvalue weighted by molar-refractivity contribution is 7.20. The van der Waals surface area contributed by atoms with Crippen molar-refractivity contribution in [2.45, 2.75) is 12.2 Å². The van der Waals surface area contributed by atoms with Crippen molar-refractivity contribution in [2.24, 2.45) is 0 Å². The Morgan fingerprint density at radius 3 is 2.49 bits per heavy atom. The number of urea groups is 1. The van der Waals surface area contributed by atoms with E-state index in [1.807, 2.05) is 0 Å². The molecular weight excluding hydrogens is 577 g/mol. The lowest BCUT2D eigenvalue weighted by molar-refractivity contribution is -0.136. The maximum absolute atomic E-state index is 14.6. The fraction of sp³-hybridized carbons (Fsp3) is 0.227. The molecule has 1 aliphatic rings. The molecule has 1 unspecified atom stereocenters. The van der Waals surface area contributed by atoms with Gasteiger partial charge in [0, 0.05) is 19.5 Å². The number of rotatable bonds is 4. The number of hydrogen-bond donors (Lipinski definition) is 2. The van der Waals surface area contributed by atoms with Crippen molar-refractivity contribution in [1.82, 2.24) is 15.2 Å². The summed E-state index contributed by atoms with van der Waals surface area (Å²) in [6.07, 6.45) is -6.81. The first-order chi connectivity index (χ1) is 18.2. The van der Waals surface area contributed by atoms with Crippen LogP contribution in [0.5, 0.6) is 0 Å². The van der Waals surface area contributed by atoms with E-state index in [4.69, 9.17) is 11.6 Å². The fourth-order valence-corrected chi connectivity index (χ4v) is 5.07. The molecule has 0 radical (unpaired) electrons. The molecule has 1 atom stereocenters. The van der Waals surface area contributed by atoms with Crippen molar-refractivity contribution in [3.63, 3.8) is 0 Å². The standard InChI is InChI=1S/C22H15ClF5N5O5S/c1-29-17(34)13-5-8-9(22(26,27)28)6-14(30-18(8)39-13)33-12(7-32(20(33)36)21(37)38)19(35)31(2)11-4-3-10(24)15(23)16(11)25/h3-6,12H,7H2,1-2H3,(H,29,34)(H,37,38). The SMILES string of the molecule is CNC(=O)c1cc2c(C(F)(F)F)cc(N3C(=O)N(C(=O)O)CC3C(=O)N(C)c3ccc(F)c(Cl)c3F)nc2s1. The molecule has 2 N–H and O–H groups in total. The van der Waals surface area contributed by atoms with Gasteiger partial charge in [0.25, 0.3) is 11.8 Å². The Balaban J connectivity index is 1.87. The van der Waals surface area contributed by atoms with Gasteiger partial charge in [0.1, 0.15) is 27.5 Å². The first kappa shape index (κ1) is 28.0. The van der Waals surface area contributed by atoms with Gasteiger partial charge in [0.05, 0.1) is 22.7 Å². The monoisotopic (exact) mass is 591 g/mol. The summed E-state index contributed by atoms with van der Waals surface area (Å²) in [4.78, 5) is 54.9. The van der Waals surface area contributed by atoms with E-state index in [1.54, 1.807) is 0 Å². The topological polar surface area (TPSA) is 123 Å². The van der Waals surface area contributed by atoms with E-state index in [0.29, 0.717) is 27.2 Å². The smallest absolute Gasteiger partial charge is 0.417 e. The van der Waals surface area contributed by atoms with Crippen molar-refractivity contribution >= 4 is 68.6 Å². The minimum absolute atomic E-state index is 0.126. The van der Waals surface area contributed by atoms with Crippen molar-refractivity contribution in [1.29, 1.82) is 0 Å². The molecule has 10 nitrogen and oxygen atoms in total. The number of benzene rings is 1. The van der Waals surface area contributed by atoms with E-state index in [0.717, 1.165) is 25.2 Å². The molecule has 206 valence electrons. The average Bonchev–Trinajstić information content (AvgIpc) is 3.46. The lowest BCUT2D eigenvalue weighted by Crippen LogP contribution is -2.47. The van der Waals surface area contributed by atoms with Gasteiger partial charge < -0.3 is 15.3 Å². The Morgan fingerprint density at radius 2 is 1.90 bits per heavy atom. The van der Waals surface area contributed by atoms with E-state index in [-0.39, 0.29) is 14.6 Å². The molecule has 0 spiro atoms. The summed E-state index contributed by atoms with van der Waals surface area (Å²) in [7, 11) is 2.29. The van der Waals surface area contributed by atoms with Crippen molar-refractivity contribution in [2.75, 3.05) is 30.4 Å². The molecule has 5 amide bonds. The maximum atomic E-state index is 14.6. The summed E-state index contributed by atoms with van der Waals surface area (Å²) in [5, 5.41) is 10.3. The Bertz CT molecular complexity index is 1550. The molecular formula is C22H15ClF5N5O5S. The maximum Gasteiger partial charge on any atom is 0.417 e. The van der Waals surface area contributed by atoms with Gasteiger partial charge in [-0.25, -0.2) is 28.3 Å². The number of nitrogens with one attached hydrogen (secondary N) is 1. The van der Waals surface area contributed by atoms with Crippen LogP contribution in [0.1, 0.15) is 15.2 Å². The Morgan fingerprint density at radius 1 is 1.23 bits per heavy atom. The minimum Gasteiger partial charge on any atom is -0.465 e. The molecule has 0 saturated carbocycles. The molecule has 3 aromatic rings. The van der Waals surface area contributed by atoms with Crippen LogP contribution < -0.4 is 15.1 Å². The first-order valence-electron chi connectivity index (χ1n) is 10.7. The highest BCUT2D eigenvalue weighted by Crippen LogP contribution is 2.41. The molecule has 2 aromatic heterocycles. The summed E-state index contributed by atoms with van der Waals surface area (Å²) in [5.74, 6) is -5.04. The van der Waals surface area contributed by atoms with Gasteiger partial charge in [-0.2, -0.15) is 13.2 Å². The zero-order valence-electron chi connectivity index (χ0n) is 19.6. The molecule has 0 aliphatic carbocycles. The number of carbonyl (C=O) groups excluding carboxylic acids is 3. The molecule has 4 rings (SSSR count). The first-order valence-corrected chi connectivity index (χ1v) is 11.8. The number of nitrogens with zero attached hydrogens (tertiary/aromatic N) is 4. The van der Waals surface area contributed by atoms with E-state index in [1.165, 1.54) is 7.05 Å². The number of carboxylic acid groups (broad SMARTS) is 1. The normalized spacial score (nSPS) is 15.7. The second kappa shape index (κ2) is 9.92. The number of anilines is 2. The number of pyridine rings is 1. The fourth-order valence-electron chi connectivity index (χ4n) is 3.91. The molecule has 1 fully saturated rings. The van der Waals surface area contributed by atoms with Crippen molar-refractivity contribution < 1.29 is 46.2 Å². The predicted molar refractivity (Wildman–Crippen MR) is 129 cm³/mol. The number of fused-ring (bicyclic) bond motifs is 1. The molecule has 17 heteroatoms. The third-order valence-electron chi connectivity index (χ3n) is 5.82. The molecule has 1 saturated heterocycles.